The van der Waals surface area contributed by atoms with Crippen LogP contribution in [0.4, 0.5) is 0 Å². The number of nitrogens with zero attached hydrogens (tertiary/aromatic N) is 2. The second-order valence-corrected chi connectivity index (χ2v) is 7.39. The highest BCUT2D eigenvalue weighted by molar-refractivity contribution is 6.30. The van der Waals surface area contributed by atoms with Crippen LogP contribution in [-0.4, -0.2) is 65.5 Å². The number of carboxylic acid groups (broad SMARTS) is 1. The van der Waals surface area contributed by atoms with E-state index in [1.807, 2.05) is 43.1 Å². The first-order valence-corrected chi connectivity index (χ1v) is 9.43. The van der Waals surface area contributed by atoms with Gasteiger partial charge in [-0.25, -0.2) is 0 Å². The predicted molar refractivity (Wildman–Crippen MR) is 109 cm³/mol. The Morgan fingerprint density at radius 2 is 1.96 bits per heavy atom. The van der Waals surface area contributed by atoms with Gasteiger partial charge in [0.1, 0.15) is 0 Å². The summed E-state index contributed by atoms with van der Waals surface area (Å²) in [6.07, 6.45) is 2.79. The highest BCUT2D eigenvalue weighted by Gasteiger charge is 2.26. The summed E-state index contributed by atoms with van der Waals surface area (Å²) < 4.78 is 0. The van der Waals surface area contributed by atoms with E-state index in [0.29, 0.717) is 11.6 Å². The number of benzene rings is 1. The molecular formula is C19H29Cl2N3O3. The van der Waals surface area contributed by atoms with E-state index in [1.54, 1.807) is 0 Å². The Hall–Kier alpha value is -1.34. The number of nitrogens with one attached hydrogen (secondary N) is 1. The Balaban J connectivity index is 0.00000364. The monoisotopic (exact) mass is 417 g/mol. The molecule has 2 rings (SSSR count). The van der Waals surface area contributed by atoms with Crippen molar-refractivity contribution < 1.29 is 14.7 Å². The zero-order valence-electron chi connectivity index (χ0n) is 15.9. The minimum absolute atomic E-state index is 0. The summed E-state index contributed by atoms with van der Waals surface area (Å²) in [5.41, 5.74) is 1.01. The molecule has 0 radical (unpaired) electrons. The number of aliphatic carboxylic acids is 1. The van der Waals surface area contributed by atoms with Gasteiger partial charge in [0.25, 0.3) is 0 Å². The van der Waals surface area contributed by atoms with Crippen molar-refractivity contribution in [2.75, 3.05) is 26.7 Å². The molecule has 1 fully saturated rings. The zero-order chi connectivity index (χ0) is 19.1. The zero-order valence-corrected chi connectivity index (χ0v) is 17.4. The normalized spacial score (nSPS) is 19.0. The highest BCUT2D eigenvalue weighted by atomic mass is 35.5. The number of likely N-dealkylation sites (tertiary alicyclic amines) is 1. The third-order valence-electron chi connectivity index (χ3n) is 5.05. The van der Waals surface area contributed by atoms with Gasteiger partial charge in [0, 0.05) is 24.2 Å². The second-order valence-electron chi connectivity index (χ2n) is 6.95. The third-order valence-corrected chi connectivity index (χ3v) is 5.30. The van der Waals surface area contributed by atoms with Gasteiger partial charge in [-0.15, -0.1) is 12.4 Å². The summed E-state index contributed by atoms with van der Waals surface area (Å²) in [4.78, 5) is 27.5. The quantitative estimate of drug-likeness (QED) is 0.713. The predicted octanol–water partition coefficient (Wildman–Crippen LogP) is 2.64. The smallest absolute Gasteiger partial charge is 0.317 e. The number of amides is 1. The van der Waals surface area contributed by atoms with E-state index in [2.05, 4.69) is 10.2 Å². The Labute approximate surface area is 172 Å². The maximum Gasteiger partial charge on any atom is 0.317 e. The van der Waals surface area contributed by atoms with E-state index in [4.69, 9.17) is 16.7 Å². The standard InChI is InChI=1S/C19H28ClN3O3.ClH/c1-14(19(26)21-12-15-5-7-16(20)8-6-15)23-10-3-4-17(9-11-23)22(2)13-18(24)25;/h5-8,14,17H,3-4,9-13H2,1-2H3,(H,21,26)(H,24,25);1H. The molecule has 0 aliphatic carbocycles. The van der Waals surface area contributed by atoms with Crippen LogP contribution in [0.15, 0.2) is 24.3 Å². The van der Waals surface area contributed by atoms with Gasteiger partial charge < -0.3 is 10.4 Å². The van der Waals surface area contributed by atoms with Gasteiger partial charge in [-0.2, -0.15) is 0 Å². The van der Waals surface area contributed by atoms with Crippen molar-refractivity contribution in [2.45, 2.75) is 44.8 Å². The van der Waals surface area contributed by atoms with Crippen molar-refractivity contribution >= 4 is 35.9 Å². The van der Waals surface area contributed by atoms with E-state index in [1.165, 1.54) is 0 Å². The minimum atomic E-state index is -0.802. The van der Waals surface area contributed by atoms with Crippen LogP contribution >= 0.6 is 24.0 Å². The van der Waals surface area contributed by atoms with Gasteiger partial charge in [-0.05, 0) is 57.5 Å². The molecular weight excluding hydrogens is 389 g/mol. The molecule has 6 nitrogen and oxygen atoms in total. The molecule has 2 atom stereocenters. The molecule has 2 unspecified atom stereocenters. The van der Waals surface area contributed by atoms with Gasteiger partial charge >= 0.3 is 5.97 Å². The lowest BCUT2D eigenvalue weighted by Gasteiger charge is -2.28. The number of carbonyl (C=O) groups is 2. The molecule has 2 N–H and O–H groups in total. The molecule has 1 saturated heterocycles. The fraction of sp³-hybridized carbons (Fsp3) is 0.579. The van der Waals surface area contributed by atoms with Crippen LogP contribution in [0.3, 0.4) is 0 Å². The minimum Gasteiger partial charge on any atom is -0.480 e. The molecule has 1 aromatic rings. The molecule has 0 saturated carbocycles. The SMILES string of the molecule is CC(C(=O)NCc1ccc(Cl)cc1)N1CCCC(N(C)CC(=O)O)CC1.Cl. The molecule has 8 heteroatoms. The molecule has 0 aromatic heterocycles. The lowest BCUT2D eigenvalue weighted by atomic mass is 10.1. The fourth-order valence-corrected chi connectivity index (χ4v) is 3.50. The van der Waals surface area contributed by atoms with Crippen LogP contribution in [0.1, 0.15) is 31.7 Å². The lowest BCUT2D eigenvalue weighted by Crippen LogP contribution is -2.45. The first kappa shape index (κ1) is 23.7. The fourth-order valence-electron chi connectivity index (χ4n) is 3.38. The van der Waals surface area contributed by atoms with Crippen molar-refractivity contribution in [3.63, 3.8) is 0 Å². The molecule has 0 bridgehead atoms. The van der Waals surface area contributed by atoms with Crippen molar-refractivity contribution in [1.29, 1.82) is 0 Å². The summed E-state index contributed by atoms with van der Waals surface area (Å²) >= 11 is 5.87. The number of likely N-dealkylation sites (N-methyl/N-ethyl adjacent to an activating group) is 1. The average Bonchev–Trinajstić information content (AvgIpc) is 2.86. The summed E-state index contributed by atoms with van der Waals surface area (Å²) in [7, 11) is 1.86. The number of rotatable bonds is 7. The molecule has 1 aliphatic heterocycles. The molecule has 1 amide bonds. The maximum atomic E-state index is 12.5. The first-order valence-electron chi connectivity index (χ1n) is 9.05. The number of halogens is 2. The lowest BCUT2D eigenvalue weighted by molar-refractivity contribution is -0.138. The molecule has 1 aromatic carbocycles. The van der Waals surface area contributed by atoms with Gasteiger partial charge in [0.2, 0.25) is 5.91 Å². The summed E-state index contributed by atoms with van der Waals surface area (Å²) in [6, 6.07) is 7.49. The van der Waals surface area contributed by atoms with Crippen LogP contribution in [0.5, 0.6) is 0 Å². The Morgan fingerprint density at radius 1 is 1.30 bits per heavy atom. The maximum absolute atomic E-state index is 12.5. The number of hydrogen-bond donors (Lipinski definition) is 2. The van der Waals surface area contributed by atoms with E-state index < -0.39 is 5.97 Å². The second kappa shape index (κ2) is 11.5. The van der Waals surface area contributed by atoms with Gasteiger partial charge in [-0.1, -0.05) is 23.7 Å². The molecule has 0 spiro atoms. The molecule has 152 valence electrons. The van der Waals surface area contributed by atoms with E-state index in [0.717, 1.165) is 37.9 Å². The first-order chi connectivity index (χ1) is 12.4. The van der Waals surface area contributed by atoms with Crippen LogP contribution in [0, 0.1) is 0 Å². The molecule has 1 heterocycles. The van der Waals surface area contributed by atoms with Crippen molar-refractivity contribution in [3.05, 3.63) is 34.9 Å². The molecule has 1 aliphatic rings. The topological polar surface area (TPSA) is 72.9 Å². The van der Waals surface area contributed by atoms with Crippen LogP contribution in [0.25, 0.3) is 0 Å². The highest BCUT2D eigenvalue weighted by Crippen LogP contribution is 2.17. The van der Waals surface area contributed by atoms with Crippen molar-refractivity contribution in [2.24, 2.45) is 0 Å². The number of carbonyl (C=O) groups excluding carboxylic acids is 1. The van der Waals surface area contributed by atoms with Gasteiger partial charge in [0.15, 0.2) is 0 Å². The average molecular weight is 418 g/mol. The Morgan fingerprint density at radius 3 is 2.59 bits per heavy atom. The van der Waals surface area contributed by atoms with Crippen LogP contribution in [0.2, 0.25) is 5.02 Å². The van der Waals surface area contributed by atoms with Gasteiger partial charge in [-0.3, -0.25) is 19.4 Å². The van der Waals surface area contributed by atoms with Crippen molar-refractivity contribution in [3.8, 4) is 0 Å². The molecule has 27 heavy (non-hydrogen) atoms. The van der Waals surface area contributed by atoms with E-state index in [-0.39, 0.29) is 36.9 Å². The van der Waals surface area contributed by atoms with Crippen LogP contribution in [-0.2, 0) is 16.1 Å². The Bertz CT molecular complexity index is 613. The Kier molecular flexibility index (Phi) is 10.1. The van der Waals surface area contributed by atoms with Crippen molar-refractivity contribution in [1.82, 2.24) is 15.1 Å². The third kappa shape index (κ3) is 7.66. The van der Waals surface area contributed by atoms with Crippen LogP contribution < -0.4 is 5.32 Å². The summed E-state index contributed by atoms with van der Waals surface area (Å²) in [6.45, 7) is 4.12. The van der Waals surface area contributed by atoms with E-state index in [9.17, 15) is 9.59 Å². The number of carboxylic acids is 1. The summed E-state index contributed by atoms with van der Waals surface area (Å²) in [5, 5.41) is 12.6. The number of hydrogen-bond acceptors (Lipinski definition) is 4. The largest absolute Gasteiger partial charge is 0.480 e. The van der Waals surface area contributed by atoms with E-state index >= 15 is 0 Å². The van der Waals surface area contributed by atoms with Gasteiger partial charge in [0.05, 0.1) is 12.6 Å². The summed E-state index contributed by atoms with van der Waals surface area (Å²) in [5.74, 6) is -0.791.